The first-order chi connectivity index (χ1) is 21.1. The Kier molecular flexibility index (Phi) is 41.1. The number of carbonyl (C=O) groups is 3. The summed E-state index contributed by atoms with van der Waals surface area (Å²) in [6.07, 6.45) is 0. The number of aliphatic hydroxyl groups is 2. The Hall–Kier alpha value is 2.45. The molecule has 0 aromatic heterocycles. The third kappa shape index (κ3) is 38.8. The second kappa shape index (κ2) is 38.9. The summed E-state index contributed by atoms with van der Waals surface area (Å²) in [5.41, 5.74) is 0. The zero-order valence-corrected chi connectivity index (χ0v) is 33.1. The van der Waals surface area contributed by atoms with E-state index < -0.39 is 0 Å². The van der Waals surface area contributed by atoms with Crippen LogP contribution in [0.1, 0.15) is 0 Å². The molecule has 0 unspecified atom stereocenters. The number of carbonyl (C=O) groups excluding carboxylic acids is 3. The zero-order chi connectivity index (χ0) is 31.5. The summed E-state index contributed by atoms with van der Waals surface area (Å²) in [4.78, 5) is 45.2. The predicted octanol–water partition coefficient (Wildman–Crippen LogP) is 5.79. The van der Waals surface area contributed by atoms with E-state index in [1.54, 1.807) is 35.3 Å². The monoisotopic (exact) mass is 834 g/mol. The first kappa shape index (κ1) is 45.5. The number of ether oxygens (including phenoxy) is 3. The van der Waals surface area contributed by atoms with E-state index in [1.165, 1.54) is 106 Å². The van der Waals surface area contributed by atoms with Crippen molar-refractivity contribution in [3.05, 3.63) is 0 Å². The molecule has 254 valence electrons. The minimum atomic E-state index is -0.245. The molecule has 0 aliphatic carbocycles. The fourth-order valence-corrected chi connectivity index (χ4v) is 11.7. The van der Waals surface area contributed by atoms with Crippen LogP contribution in [0.3, 0.4) is 0 Å². The van der Waals surface area contributed by atoms with Crippen LogP contribution in [-0.4, -0.2) is 129 Å². The molecule has 0 aromatic rings. The van der Waals surface area contributed by atoms with Crippen LogP contribution in [-0.2, 0) is 38.4 Å². The Bertz CT molecular complexity index is 660. The normalized spacial score (nSPS) is 11.0. The Morgan fingerprint density at radius 1 is 0.419 bits per heavy atom. The molecule has 10 nitrogen and oxygen atoms in total. The average molecular weight is 835 g/mol. The van der Waals surface area contributed by atoms with Gasteiger partial charge >= 0.3 is 17.9 Å². The van der Waals surface area contributed by atoms with Gasteiger partial charge in [-0.25, -0.2) is 9.78 Å². The second-order valence-electron chi connectivity index (χ2n) is 6.63. The first-order valence-electron chi connectivity index (χ1n) is 12.0. The van der Waals surface area contributed by atoms with Gasteiger partial charge in [-0.2, -0.15) is 0 Å². The van der Waals surface area contributed by atoms with Crippen LogP contribution in [0.4, 0.5) is 0 Å². The molecule has 0 fully saturated rings. The van der Waals surface area contributed by atoms with E-state index in [0.717, 1.165) is 31.2 Å². The van der Waals surface area contributed by atoms with Gasteiger partial charge in [0.1, 0.15) is 23.8 Å². The Labute approximate surface area is 305 Å². The molecular formula is C21H38O10S12. The predicted molar refractivity (Wildman–Crippen MR) is 204 cm³/mol. The number of esters is 3. The van der Waals surface area contributed by atoms with Crippen LogP contribution in [0.15, 0.2) is 0 Å². The van der Waals surface area contributed by atoms with Gasteiger partial charge in [0.05, 0.1) is 35.7 Å². The lowest BCUT2D eigenvalue weighted by Gasteiger charge is -2.06. The van der Waals surface area contributed by atoms with Gasteiger partial charge in [0.15, 0.2) is 0 Å². The van der Waals surface area contributed by atoms with Gasteiger partial charge in [0.2, 0.25) is 0 Å². The van der Waals surface area contributed by atoms with Gasteiger partial charge in [0.25, 0.3) is 0 Å². The Morgan fingerprint density at radius 3 is 1.23 bits per heavy atom. The molecule has 43 heavy (non-hydrogen) atoms. The highest BCUT2D eigenvalue weighted by atomic mass is 32.2. The summed E-state index contributed by atoms with van der Waals surface area (Å²) < 4.78 is 15.4. The highest BCUT2D eigenvalue weighted by molar-refractivity contribution is 8.23. The highest BCUT2D eigenvalue weighted by Crippen LogP contribution is 2.20. The first-order valence-corrected chi connectivity index (χ1v) is 25.8. The lowest BCUT2D eigenvalue weighted by Crippen LogP contribution is -2.07. The van der Waals surface area contributed by atoms with E-state index in [-0.39, 0.29) is 29.8 Å². The lowest BCUT2D eigenvalue weighted by atomic mass is 10.8. The van der Waals surface area contributed by atoms with Crippen LogP contribution >= 0.6 is 141 Å². The van der Waals surface area contributed by atoms with Gasteiger partial charge in [-0.05, 0) is 0 Å². The molecule has 2 N–H and O–H groups in total. The number of rotatable bonds is 34. The average Bonchev–Trinajstić information content (AvgIpc) is 3.00. The molecule has 0 aromatic carbocycles. The summed E-state index contributed by atoms with van der Waals surface area (Å²) in [5, 5.41) is 22.6. The van der Waals surface area contributed by atoms with Crippen molar-refractivity contribution in [3.63, 3.8) is 0 Å². The fraction of sp³-hybridized carbons (Fsp3) is 0.857. The van der Waals surface area contributed by atoms with Crippen molar-refractivity contribution < 1.29 is 48.6 Å². The maximum atomic E-state index is 11.8. The van der Waals surface area contributed by atoms with Crippen molar-refractivity contribution in [2.45, 2.75) is 0 Å². The van der Waals surface area contributed by atoms with E-state index in [0.29, 0.717) is 57.8 Å². The maximum Gasteiger partial charge on any atom is 0.316 e. The topological polar surface area (TPSA) is 138 Å². The molecule has 0 amide bonds. The smallest absolute Gasteiger partial charge is 0.316 e. The van der Waals surface area contributed by atoms with E-state index >= 15 is 0 Å². The minimum absolute atomic E-state index is 0.0655. The molecule has 0 rings (SSSR count). The molecule has 0 saturated carbocycles. The molecule has 0 saturated heterocycles. The molecule has 0 aliphatic rings. The van der Waals surface area contributed by atoms with Gasteiger partial charge in [0, 0.05) is 41.3 Å². The van der Waals surface area contributed by atoms with Crippen LogP contribution in [0.2, 0.25) is 0 Å². The van der Waals surface area contributed by atoms with Crippen LogP contribution in [0, 0.1) is 0 Å². The zero-order valence-electron chi connectivity index (χ0n) is 23.3. The summed E-state index contributed by atoms with van der Waals surface area (Å²) in [5.74, 6) is 2.51. The number of hydrogen-bond acceptors (Lipinski definition) is 22. The van der Waals surface area contributed by atoms with E-state index in [4.69, 9.17) is 34.2 Å². The Balaban J connectivity index is 3.25. The number of hydrogen-bond donors (Lipinski definition) is 2. The Morgan fingerprint density at radius 2 is 0.791 bits per heavy atom. The van der Waals surface area contributed by atoms with E-state index in [1.807, 2.05) is 0 Å². The van der Waals surface area contributed by atoms with Crippen molar-refractivity contribution in [3.8, 4) is 0 Å². The van der Waals surface area contributed by atoms with Crippen molar-refractivity contribution >= 4 is 159 Å². The largest absolute Gasteiger partial charge is 0.454 e. The van der Waals surface area contributed by atoms with Crippen molar-refractivity contribution in [2.24, 2.45) is 0 Å². The summed E-state index contributed by atoms with van der Waals surface area (Å²) >= 11 is 18.3. The van der Waals surface area contributed by atoms with Gasteiger partial charge in [-0.1, -0.05) is 0 Å². The van der Waals surface area contributed by atoms with Crippen LogP contribution < -0.4 is 0 Å². The summed E-state index contributed by atoms with van der Waals surface area (Å²) in [6.45, 7) is 0.495. The van der Waals surface area contributed by atoms with Crippen LogP contribution in [0.5, 0.6) is 0 Å². The third-order valence-corrected chi connectivity index (χ3v) is 16.0. The third-order valence-electron chi connectivity index (χ3n) is 3.44. The standard InChI is InChI=1S/C21H38O10S12/c22-6-36-16-38-8-27-19(24)3-33-13-42-12-32-2-1-30-31-11-41-18-40-10-29-21(26)5-35-15-43-14-34-4-20(25)28-9-39-17-37-7-23/h22-23H,1-18H2. The van der Waals surface area contributed by atoms with Crippen molar-refractivity contribution in [1.82, 2.24) is 0 Å². The SMILES string of the molecule is O=C(CSCSCSCCOOCSCSCOC(=O)CSCSCSCC(=O)OCSCSCO)OCSCSCO. The molecule has 22 heteroatoms. The molecule has 0 spiro atoms. The van der Waals surface area contributed by atoms with E-state index in [9.17, 15) is 14.4 Å². The minimum Gasteiger partial charge on any atom is -0.454 e. The van der Waals surface area contributed by atoms with Gasteiger partial charge in [-0.15, -0.1) is 141 Å². The van der Waals surface area contributed by atoms with Gasteiger partial charge in [-0.3, -0.25) is 14.4 Å². The molecule has 0 heterocycles. The molecule has 0 radical (unpaired) electrons. The quantitative estimate of drug-likeness (QED) is 0.0202. The van der Waals surface area contributed by atoms with Gasteiger partial charge < -0.3 is 24.4 Å². The molecule has 0 bridgehead atoms. The van der Waals surface area contributed by atoms with Crippen molar-refractivity contribution in [2.75, 3.05) is 101 Å². The summed E-state index contributed by atoms with van der Waals surface area (Å²) in [6, 6.07) is 0. The molecule has 0 aliphatic heterocycles. The second-order valence-corrected chi connectivity index (χ2v) is 20.9. The van der Waals surface area contributed by atoms with Crippen LogP contribution in [0.25, 0.3) is 0 Å². The van der Waals surface area contributed by atoms with E-state index in [2.05, 4.69) is 0 Å². The van der Waals surface area contributed by atoms with Crippen molar-refractivity contribution in [1.29, 1.82) is 0 Å². The molecular weight excluding hydrogens is 797 g/mol. The maximum absolute atomic E-state index is 11.8. The highest BCUT2D eigenvalue weighted by Gasteiger charge is 2.06. The fourth-order valence-electron chi connectivity index (χ4n) is 1.79. The lowest BCUT2D eigenvalue weighted by molar-refractivity contribution is -0.274. The summed E-state index contributed by atoms with van der Waals surface area (Å²) in [7, 11) is 0. The number of thioether (sulfide) groups is 12. The molecule has 0 atom stereocenters. The number of aliphatic hydroxyl groups excluding tert-OH is 2.